The van der Waals surface area contributed by atoms with Gasteiger partial charge in [0, 0.05) is 19.2 Å². The Morgan fingerprint density at radius 2 is 1.35 bits per heavy atom. The van der Waals surface area contributed by atoms with E-state index in [1.54, 1.807) is 0 Å². The number of rotatable bonds is 5. The van der Waals surface area contributed by atoms with Gasteiger partial charge in [0.2, 0.25) is 0 Å². The zero-order valence-corrected chi connectivity index (χ0v) is 14.8. The molecule has 132 valence electrons. The summed E-state index contributed by atoms with van der Waals surface area (Å²) in [6, 6.07) is 23.2. The summed E-state index contributed by atoms with van der Waals surface area (Å²) in [5.74, 6) is -1.30. The lowest BCUT2D eigenvalue weighted by molar-refractivity contribution is 0.412. The number of nitrogens with zero attached hydrogens (tertiary/aromatic N) is 1. The molecule has 0 aliphatic heterocycles. The zero-order valence-electron chi connectivity index (χ0n) is 14.0. The molecule has 0 saturated heterocycles. The predicted molar refractivity (Wildman–Crippen MR) is 105 cm³/mol. The molecule has 0 unspecified atom stereocenters. The quantitative estimate of drug-likeness (QED) is 0.610. The minimum absolute atomic E-state index is 0.155. The van der Waals surface area contributed by atoms with Crippen molar-refractivity contribution >= 4 is 23.0 Å². The van der Waals surface area contributed by atoms with Crippen molar-refractivity contribution in [3.63, 3.8) is 0 Å². The molecule has 0 radical (unpaired) electrons. The average molecular weight is 368 g/mol. The molecular formula is C21H18F2N2S. The highest BCUT2D eigenvalue weighted by molar-refractivity contribution is 7.80. The van der Waals surface area contributed by atoms with Gasteiger partial charge in [-0.15, -0.1) is 0 Å². The van der Waals surface area contributed by atoms with Crippen LogP contribution in [0.3, 0.4) is 0 Å². The first kappa shape index (κ1) is 18.0. The molecule has 5 heteroatoms. The van der Waals surface area contributed by atoms with Crippen molar-refractivity contribution in [3.05, 3.63) is 102 Å². The Kier molecular flexibility index (Phi) is 5.92. The van der Waals surface area contributed by atoms with Gasteiger partial charge in [-0.25, -0.2) is 8.78 Å². The number of hydrogen-bond donors (Lipinski definition) is 1. The van der Waals surface area contributed by atoms with Crippen molar-refractivity contribution in [1.29, 1.82) is 0 Å². The molecule has 0 fully saturated rings. The Hall–Kier alpha value is -2.79. The Labute approximate surface area is 157 Å². The summed E-state index contributed by atoms with van der Waals surface area (Å²) < 4.78 is 27.1. The average Bonchev–Trinajstić information content (AvgIpc) is 2.65. The van der Waals surface area contributed by atoms with Crippen molar-refractivity contribution in [1.82, 2.24) is 4.90 Å². The van der Waals surface area contributed by atoms with Crippen molar-refractivity contribution in [3.8, 4) is 0 Å². The summed E-state index contributed by atoms with van der Waals surface area (Å²) in [5.41, 5.74) is 2.34. The molecular weight excluding hydrogens is 350 g/mol. The molecule has 0 heterocycles. The van der Waals surface area contributed by atoms with E-state index in [0.29, 0.717) is 18.2 Å². The second-order valence-corrected chi connectivity index (χ2v) is 6.27. The molecule has 0 amide bonds. The van der Waals surface area contributed by atoms with Gasteiger partial charge in [0.1, 0.15) is 11.6 Å². The van der Waals surface area contributed by atoms with Gasteiger partial charge < -0.3 is 10.2 Å². The van der Waals surface area contributed by atoms with E-state index in [0.717, 1.165) is 17.2 Å². The van der Waals surface area contributed by atoms with Gasteiger partial charge in [-0.3, -0.25) is 0 Å². The van der Waals surface area contributed by atoms with Crippen molar-refractivity contribution in [2.45, 2.75) is 13.1 Å². The number of nitrogens with one attached hydrogen (secondary N) is 1. The molecule has 0 bridgehead atoms. The predicted octanol–water partition coefficient (Wildman–Crippen LogP) is 5.36. The maximum atomic E-state index is 13.9. The third-order valence-electron chi connectivity index (χ3n) is 3.89. The highest BCUT2D eigenvalue weighted by Gasteiger charge is 2.13. The van der Waals surface area contributed by atoms with Crippen LogP contribution in [-0.2, 0) is 13.1 Å². The van der Waals surface area contributed by atoms with Gasteiger partial charge in [-0.05, 0) is 35.5 Å². The second-order valence-electron chi connectivity index (χ2n) is 5.88. The standard InChI is InChI=1S/C21H18F2N2S/c22-18-11-12-20(19(23)13-18)24-21(26)25(14-16-7-3-1-4-8-16)15-17-9-5-2-6-10-17/h1-13H,14-15H2,(H,24,26). The number of anilines is 1. The smallest absolute Gasteiger partial charge is 0.174 e. The van der Waals surface area contributed by atoms with Gasteiger partial charge in [0.25, 0.3) is 0 Å². The third kappa shape index (κ3) is 4.86. The largest absolute Gasteiger partial charge is 0.340 e. The van der Waals surface area contributed by atoms with Crippen LogP contribution in [0, 0.1) is 11.6 Å². The first-order chi connectivity index (χ1) is 12.6. The summed E-state index contributed by atoms with van der Waals surface area (Å²) in [7, 11) is 0. The number of halogens is 2. The first-order valence-electron chi connectivity index (χ1n) is 8.20. The number of benzene rings is 3. The topological polar surface area (TPSA) is 15.3 Å². The molecule has 3 rings (SSSR count). The van der Waals surface area contributed by atoms with E-state index in [1.807, 2.05) is 65.6 Å². The van der Waals surface area contributed by atoms with Gasteiger partial charge in [-0.1, -0.05) is 60.7 Å². The molecule has 0 spiro atoms. The first-order valence-corrected chi connectivity index (χ1v) is 8.61. The number of thiocarbonyl (C=S) groups is 1. The van der Waals surface area contributed by atoms with Crippen LogP contribution in [0.5, 0.6) is 0 Å². The van der Waals surface area contributed by atoms with Crippen LogP contribution in [0.25, 0.3) is 0 Å². The van der Waals surface area contributed by atoms with Crippen LogP contribution in [0.15, 0.2) is 78.9 Å². The molecule has 0 aliphatic carbocycles. The maximum absolute atomic E-state index is 13.9. The van der Waals surface area contributed by atoms with Gasteiger partial charge >= 0.3 is 0 Å². The molecule has 26 heavy (non-hydrogen) atoms. The lowest BCUT2D eigenvalue weighted by atomic mass is 10.2. The Bertz CT molecular complexity index is 828. The number of hydrogen-bond acceptors (Lipinski definition) is 1. The van der Waals surface area contributed by atoms with E-state index in [2.05, 4.69) is 5.32 Å². The lowest BCUT2D eigenvalue weighted by Gasteiger charge is -2.26. The van der Waals surface area contributed by atoms with Crippen LogP contribution in [0.2, 0.25) is 0 Å². The minimum Gasteiger partial charge on any atom is -0.340 e. The molecule has 3 aromatic rings. The molecule has 2 nitrogen and oxygen atoms in total. The molecule has 0 aliphatic rings. The fourth-order valence-electron chi connectivity index (χ4n) is 2.59. The molecule has 0 atom stereocenters. The summed E-state index contributed by atoms with van der Waals surface area (Å²) in [5, 5.41) is 3.27. The molecule has 0 saturated carbocycles. The summed E-state index contributed by atoms with van der Waals surface area (Å²) >= 11 is 5.50. The maximum Gasteiger partial charge on any atom is 0.174 e. The molecule has 3 aromatic carbocycles. The van der Waals surface area contributed by atoms with Crippen LogP contribution in [-0.4, -0.2) is 10.0 Å². The monoisotopic (exact) mass is 368 g/mol. The Balaban J connectivity index is 1.80. The van der Waals surface area contributed by atoms with Crippen LogP contribution in [0.1, 0.15) is 11.1 Å². The fourth-order valence-corrected chi connectivity index (χ4v) is 2.83. The summed E-state index contributed by atoms with van der Waals surface area (Å²) in [4.78, 5) is 1.95. The normalized spacial score (nSPS) is 10.4. The highest BCUT2D eigenvalue weighted by atomic mass is 32.1. The third-order valence-corrected chi connectivity index (χ3v) is 4.25. The zero-order chi connectivity index (χ0) is 18.4. The SMILES string of the molecule is Fc1ccc(NC(=S)N(Cc2ccccc2)Cc2ccccc2)c(F)c1. The van der Waals surface area contributed by atoms with E-state index in [1.165, 1.54) is 12.1 Å². The van der Waals surface area contributed by atoms with Crippen molar-refractivity contribution in [2.24, 2.45) is 0 Å². The van der Waals surface area contributed by atoms with Crippen molar-refractivity contribution < 1.29 is 8.78 Å². The lowest BCUT2D eigenvalue weighted by Crippen LogP contribution is -2.34. The van der Waals surface area contributed by atoms with E-state index in [4.69, 9.17) is 12.2 Å². The van der Waals surface area contributed by atoms with E-state index in [9.17, 15) is 8.78 Å². The van der Waals surface area contributed by atoms with Crippen LogP contribution >= 0.6 is 12.2 Å². The fraction of sp³-hybridized carbons (Fsp3) is 0.0952. The van der Waals surface area contributed by atoms with E-state index >= 15 is 0 Å². The molecule has 1 N–H and O–H groups in total. The van der Waals surface area contributed by atoms with Crippen LogP contribution < -0.4 is 5.32 Å². The minimum atomic E-state index is -0.674. The summed E-state index contributed by atoms with van der Waals surface area (Å²) in [6.07, 6.45) is 0. The van der Waals surface area contributed by atoms with E-state index in [-0.39, 0.29) is 5.69 Å². The summed E-state index contributed by atoms with van der Waals surface area (Å²) in [6.45, 7) is 1.15. The van der Waals surface area contributed by atoms with Gasteiger partial charge in [-0.2, -0.15) is 0 Å². The highest BCUT2D eigenvalue weighted by Crippen LogP contribution is 2.17. The van der Waals surface area contributed by atoms with Gasteiger partial charge in [0.05, 0.1) is 5.69 Å². The Morgan fingerprint density at radius 1 is 0.808 bits per heavy atom. The second kappa shape index (κ2) is 8.54. The van der Waals surface area contributed by atoms with Crippen molar-refractivity contribution in [2.75, 3.05) is 5.32 Å². The van der Waals surface area contributed by atoms with E-state index < -0.39 is 11.6 Å². The van der Waals surface area contributed by atoms with Gasteiger partial charge in [0.15, 0.2) is 5.11 Å². The van der Waals surface area contributed by atoms with Crippen LogP contribution in [0.4, 0.5) is 14.5 Å². The Morgan fingerprint density at radius 3 is 1.85 bits per heavy atom. The molecule has 0 aromatic heterocycles.